The Morgan fingerprint density at radius 1 is 1.00 bits per heavy atom. The first kappa shape index (κ1) is 15.4. The van der Waals surface area contributed by atoms with Gasteiger partial charge in [-0.05, 0) is 49.2 Å². The van der Waals surface area contributed by atoms with Gasteiger partial charge in [-0.15, -0.1) is 0 Å². The lowest BCUT2D eigenvalue weighted by atomic mass is 10.2. The van der Waals surface area contributed by atoms with Crippen molar-refractivity contribution >= 4 is 22.3 Å². The van der Waals surface area contributed by atoms with E-state index in [2.05, 4.69) is 9.55 Å². The van der Waals surface area contributed by atoms with Crippen molar-refractivity contribution in [1.29, 1.82) is 0 Å². The second kappa shape index (κ2) is 6.14. The molecule has 0 aliphatic carbocycles. The summed E-state index contributed by atoms with van der Waals surface area (Å²) in [6.45, 7) is 1.45. The smallest absolute Gasteiger partial charge is 0.198 e. The Balaban J connectivity index is 1.72. The molecule has 5 nitrogen and oxygen atoms in total. The number of para-hydroxylation sites is 2. The van der Waals surface area contributed by atoms with Crippen LogP contribution in [-0.2, 0) is 11.3 Å². The van der Waals surface area contributed by atoms with Gasteiger partial charge in [-0.2, -0.15) is 0 Å². The SMILES string of the molecule is Fc1ccc(-c2nc3nc4ccccc4nc3n2C[C@@H]2CCCO2)cc1. The van der Waals surface area contributed by atoms with Crippen LogP contribution < -0.4 is 0 Å². The molecule has 4 aromatic rings. The van der Waals surface area contributed by atoms with Gasteiger partial charge in [0.2, 0.25) is 0 Å². The first-order valence-corrected chi connectivity index (χ1v) is 8.78. The Hall–Kier alpha value is -2.86. The molecule has 130 valence electrons. The van der Waals surface area contributed by atoms with E-state index in [1.807, 2.05) is 24.3 Å². The number of benzene rings is 2. The van der Waals surface area contributed by atoms with Crippen molar-refractivity contribution in [2.45, 2.75) is 25.5 Å². The molecule has 1 fully saturated rings. The summed E-state index contributed by atoms with van der Waals surface area (Å²) < 4.78 is 21.2. The van der Waals surface area contributed by atoms with Crippen molar-refractivity contribution in [3.63, 3.8) is 0 Å². The van der Waals surface area contributed by atoms with Crippen LogP contribution in [0.15, 0.2) is 48.5 Å². The summed E-state index contributed by atoms with van der Waals surface area (Å²) in [6.07, 6.45) is 2.22. The summed E-state index contributed by atoms with van der Waals surface area (Å²) >= 11 is 0. The average Bonchev–Trinajstić information content (AvgIpc) is 3.29. The molecule has 0 saturated carbocycles. The molecule has 6 heteroatoms. The van der Waals surface area contributed by atoms with Gasteiger partial charge in [-0.3, -0.25) is 0 Å². The van der Waals surface area contributed by atoms with Crippen LogP contribution in [0.25, 0.3) is 33.7 Å². The van der Waals surface area contributed by atoms with Gasteiger partial charge in [-0.1, -0.05) is 12.1 Å². The molecule has 26 heavy (non-hydrogen) atoms. The van der Waals surface area contributed by atoms with Crippen molar-refractivity contribution < 1.29 is 9.13 Å². The summed E-state index contributed by atoms with van der Waals surface area (Å²) in [5.41, 5.74) is 3.82. The maximum Gasteiger partial charge on any atom is 0.198 e. The van der Waals surface area contributed by atoms with Crippen molar-refractivity contribution in [1.82, 2.24) is 19.5 Å². The molecule has 0 radical (unpaired) electrons. The Morgan fingerprint density at radius 2 is 1.77 bits per heavy atom. The number of hydrogen-bond donors (Lipinski definition) is 0. The van der Waals surface area contributed by atoms with Gasteiger partial charge in [0.1, 0.15) is 11.6 Å². The maximum absolute atomic E-state index is 13.4. The first-order valence-electron chi connectivity index (χ1n) is 8.78. The van der Waals surface area contributed by atoms with E-state index in [4.69, 9.17) is 14.7 Å². The molecule has 1 saturated heterocycles. The summed E-state index contributed by atoms with van der Waals surface area (Å²) in [6, 6.07) is 14.1. The largest absolute Gasteiger partial charge is 0.376 e. The predicted molar refractivity (Wildman–Crippen MR) is 97.2 cm³/mol. The van der Waals surface area contributed by atoms with Crippen molar-refractivity contribution in [2.75, 3.05) is 6.61 Å². The standard InChI is InChI=1S/C20H17FN4O/c21-14-9-7-13(8-10-14)19-24-18-20(25(19)12-15-4-3-11-26-15)23-17-6-2-1-5-16(17)22-18/h1-2,5-10,15H,3-4,11-12H2/t15-/m0/s1. The molecule has 1 aliphatic heterocycles. The van der Waals surface area contributed by atoms with Crippen LogP contribution in [0.1, 0.15) is 12.8 Å². The molecule has 0 N–H and O–H groups in total. The summed E-state index contributed by atoms with van der Waals surface area (Å²) in [4.78, 5) is 14.2. The number of hydrogen-bond acceptors (Lipinski definition) is 4. The highest BCUT2D eigenvalue weighted by Gasteiger charge is 2.22. The molecule has 0 bridgehead atoms. The van der Waals surface area contributed by atoms with E-state index in [0.29, 0.717) is 12.2 Å². The van der Waals surface area contributed by atoms with E-state index in [1.165, 1.54) is 12.1 Å². The van der Waals surface area contributed by atoms with E-state index in [9.17, 15) is 4.39 Å². The van der Waals surface area contributed by atoms with E-state index in [1.54, 1.807) is 12.1 Å². The van der Waals surface area contributed by atoms with Crippen molar-refractivity contribution in [3.8, 4) is 11.4 Å². The molecule has 0 amide bonds. The topological polar surface area (TPSA) is 52.8 Å². The Labute approximate surface area is 149 Å². The monoisotopic (exact) mass is 348 g/mol. The minimum absolute atomic E-state index is 0.139. The third kappa shape index (κ3) is 2.63. The molecular weight excluding hydrogens is 331 g/mol. The van der Waals surface area contributed by atoms with Crippen LogP contribution in [0.2, 0.25) is 0 Å². The quantitative estimate of drug-likeness (QED) is 0.562. The van der Waals surface area contributed by atoms with E-state index in [0.717, 1.165) is 47.5 Å². The van der Waals surface area contributed by atoms with E-state index < -0.39 is 0 Å². The predicted octanol–water partition coefficient (Wildman–Crippen LogP) is 3.96. The number of rotatable bonds is 3. The molecule has 2 aromatic carbocycles. The molecule has 3 heterocycles. The number of halogens is 1. The summed E-state index contributed by atoms with van der Waals surface area (Å²) in [7, 11) is 0. The minimum atomic E-state index is -0.266. The highest BCUT2D eigenvalue weighted by Crippen LogP contribution is 2.27. The van der Waals surface area contributed by atoms with E-state index in [-0.39, 0.29) is 11.9 Å². The number of ether oxygens (including phenoxy) is 1. The molecular formula is C20H17FN4O. The molecule has 0 spiro atoms. The van der Waals surface area contributed by atoms with Gasteiger partial charge in [0.15, 0.2) is 11.3 Å². The first-order chi connectivity index (χ1) is 12.8. The van der Waals surface area contributed by atoms with Gasteiger partial charge < -0.3 is 9.30 Å². The lowest BCUT2D eigenvalue weighted by Crippen LogP contribution is -2.16. The Morgan fingerprint density at radius 3 is 2.50 bits per heavy atom. The fourth-order valence-corrected chi connectivity index (χ4v) is 3.48. The molecule has 5 rings (SSSR count). The fourth-order valence-electron chi connectivity index (χ4n) is 3.48. The average molecular weight is 348 g/mol. The van der Waals surface area contributed by atoms with Crippen molar-refractivity contribution in [2.24, 2.45) is 0 Å². The van der Waals surface area contributed by atoms with E-state index >= 15 is 0 Å². The van der Waals surface area contributed by atoms with Gasteiger partial charge >= 0.3 is 0 Å². The second-order valence-corrected chi connectivity index (χ2v) is 6.55. The zero-order valence-electron chi connectivity index (χ0n) is 14.1. The third-order valence-corrected chi connectivity index (χ3v) is 4.77. The van der Waals surface area contributed by atoms with Crippen molar-refractivity contribution in [3.05, 3.63) is 54.3 Å². The Kier molecular flexibility index (Phi) is 3.64. The molecule has 0 unspecified atom stereocenters. The zero-order chi connectivity index (χ0) is 17.5. The van der Waals surface area contributed by atoms with Crippen LogP contribution in [0.5, 0.6) is 0 Å². The zero-order valence-corrected chi connectivity index (χ0v) is 14.1. The maximum atomic E-state index is 13.4. The van der Waals surface area contributed by atoms with Gasteiger partial charge in [-0.25, -0.2) is 19.3 Å². The van der Waals surface area contributed by atoms with Crippen LogP contribution in [-0.4, -0.2) is 32.2 Å². The van der Waals surface area contributed by atoms with Crippen LogP contribution in [0.3, 0.4) is 0 Å². The normalized spacial score (nSPS) is 17.3. The molecule has 1 atom stereocenters. The van der Waals surface area contributed by atoms with Gasteiger partial charge in [0, 0.05) is 12.2 Å². The second-order valence-electron chi connectivity index (χ2n) is 6.55. The van der Waals surface area contributed by atoms with Crippen LogP contribution in [0, 0.1) is 5.82 Å². The number of fused-ring (bicyclic) bond motifs is 2. The Bertz CT molecular complexity index is 1080. The highest BCUT2D eigenvalue weighted by atomic mass is 19.1. The highest BCUT2D eigenvalue weighted by molar-refractivity contribution is 5.84. The minimum Gasteiger partial charge on any atom is -0.376 e. The molecule has 1 aliphatic rings. The lowest BCUT2D eigenvalue weighted by Gasteiger charge is -2.13. The number of nitrogens with zero attached hydrogens (tertiary/aromatic N) is 4. The molecule has 2 aromatic heterocycles. The lowest BCUT2D eigenvalue weighted by molar-refractivity contribution is 0.0981. The van der Waals surface area contributed by atoms with Gasteiger partial charge in [0.25, 0.3) is 0 Å². The van der Waals surface area contributed by atoms with Crippen LogP contribution in [0.4, 0.5) is 4.39 Å². The van der Waals surface area contributed by atoms with Crippen LogP contribution >= 0.6 is 0 Å². The summed E-state index contributed by atoms with van der Waals surface area (Å²) in [5, 5.41) is 0. The summed E-state index contributed by atoms with van der Waals surface area (Å²) in [5.74, 6) is 0.475. The van der Waals surface area contributed by atoms with Gasteiger partial charge in [0.05, 0.1) is 23.7 Å². The third-order valence-electron chi connectivity index (χ3n) is 4.77. The fraction of sp³-hybridized carbons (Fsp3) is 0.250. The number of imidazole rings is 1. The number of aromatic nitrogens is 4.